The maximum atomic E-state index is 12.6. The number of aryl methyl sites for hydroxylation is 1. The van der Waals surface area contributed by atoms with Crippen molar-refractivity contribution < 1.29 is 9.32 Å². The van der Waals surface area contributed by atoms with Crippen molar-refractivity contribution in [1.29, 1.82) is 0 Å². The topological polar surface area (TPSA) is 74.5 Å². The fraction of sp³-hybridized carbons (Fsp3) is 0.833. The van der Waals surface area contributed by atoms with Crippen LogP contribution in [0.1, 0.15) is 63.7 Å². The number of nitrogens with zero attached hydrogens (tertiary/aromatic N) is 4. The minimum Gasteiger partial charge on any atom is -0.352 e. The van der Waals surface area contributed by atoms with E-state index in [1.165, 1.54) is 19.3 Å². The molecule has 1 N–H and O–H groups in total. The first kappa shape index (κ1) is 18.3. The first-order valence-corrected chi connectivity index (χ1v) is 9.63. The first-order chi connectivity index (χ1) is 12.0. The molecule has 3 rings (SSSR count). The van der Waals surface area contributed by atoms with E-state index in [9.17, 15) is 4.79 Å². The second-order valence-corrected chi connectivity index (χ2v) is 7.45. The van der Waals surface area contributed by atoms with Crippen molar-refractivity contribution >= 4 is 5.91 Å². The van der Waals surface area contributed by atoms with Crippen LogP contribution in [0.15, 0.2) is 4.52 Å². The lowest BCUT2D eigenvalue weighted by atomic mass is 9.95. The summed E-state index contributed by atoms with van der Waals surface area (Å²) in [5, 5.41) is 7.13. The summed E-state index contributed by atoms with van der Waals surface area (Å²) in [6.07, 6.45) is 6.05. The lowest BCUT2D eigenvalue weighted by Crippen LogP contribution is -2.55. The third-order valence-electron chi connectivity index (χ3n) is 5.68. The Morgan fingerprint density at radius 3 is 2.36 bits per heavy atom. The number of piperazine rings is 1. The number of hydrogen-bond donors (Lipinski definition) is 1. The Morgan fingerprint density at radius 1 is 1.12 bits per heavy atom. The normalized spacial score (nSPS) is 23.3. The Labute approximate surface area is 150 Å². The molecule has 0 spiro atoms. The zero-order valence-electron chi connectivity index (χ0n) is 15.7. The lowest BCUT2D eigenvalue weighted by molar-refractivity contribution is -0.127. The monoisotopic (exact) mass is 349 g/mol. The van der Waals surface area contributed by atoms with E-state index in [1.807, 2.05) is 13.8 Å². The summed E-state index contributed by atoms with van der Waals surface area (Å²) >= 11 is 0. The van der Waals surface area contributed by atoms with Crippen molar-refractivity contribution in [1.82, 2.24) is 25.3 Å². The van der Waals surface area contributed by atoms with Gasteiger partial charge in [0.05, 0.1) is 12.1 Å². The Balaban J connectivity index is 1.46. The van der Waals surface area contributed by atoms with Gasteiger partial charge in [0, 0.05) is 32.2 Å². The van der Waals surface area contributed by atoms with Crippen LogP contribution in [0.4, 0.5) is 0 Å². The Morgan fingerprint density at radius 2 is 1.76 bits per heavy atom. The highest BCUT2D eigenvalue weighted by Crippen LogP contribution is 2.21. The van der Waals surface area contributed by atoms with Crippen LogP contribution in [-0.4, -0.2) is 64.1 Å². The molecule has 2 atom stereocenters. The molecule has 1 amide bonds. The average molecular weight is 349 g/mol. The SMILES string of the molecule is Cc1noc([C@H](C)N2CCN([C@H](C)C(=O)NC3CCCCC3)CC2)n1. The molecule has 0 radical (unpaired) electrons. The summed E-state index contributed by atoms with van der Waals surface area (Å²) in [5.41, 5.74) is 0. The van der Waals surface area contributed by atoms with Crippen LogP contribution in [-0.2, 0) is 4.79 Å². The van der Waals surface area contributed by atoms with Crippen LogP contribution in [0.5, 0.6) is 0 Å². The van der Waals surface area contributed by atoms with Crippen molar-refractivity contribution in [3.8, 4) is 0 Å². The molecule has 0 unspecified atom stereocenters. The molecule has 1 saturated carbocycles. The molecule has 2 heterocycles. The smallest absolute Gasteiger partial charge is 0.243 e. The molecule has 7 heteroatoms. The average Bonchev–Trinajstić information content (AvgIpc) is 3.08. The number of carbonyl (C=O) groups excluding carboxylic acids is 1. The number of hydrogen-bond acceptors (Lipinski definition) is 6. The van der Waals surface area contributed by atoms with Gasteiger partial charge in [0.1, 0.15) is 0 Å². The van der Waals surface area contributed by atoms with Crippen molar-refractivity contribution in [2.24, 2.45) is 0 Å². The van der Waals surface area contributed by atoms with Crippen LogP contribution < -0.4 is 5.32 Å². The van der Waals surface area contributed by atoms with Gasteiger partial charge in [-0.3, -0.25) is 14.6 Å². The summed E-state index contributed by atoms with van der Waals surface area (Å²) in [4.78, 5) is 21.5. The molecule has 140 valence electrons. The maximum Gasteiger partial charge on any atom is 0.243 e. The highest BCUT2D eigenvalue weighted by Gasteiger charge is 2.30. The number of nitrogens with one attached hydrogen (secondary N) is 1. The number of rotatable bonds is 5. The largest absolute Gasteiger partial charge is 0.352 e. The third kappa shape index (κ3) is 4.58. The Kier molecular flexibility index (Phi) is 6.06. The van der Waals surface area contributed by atoms with E-state index in [-0.39, 0.29) is 18.0 Å². The first-order valence-electron chi connectivity index (χ1n) is 9.63. The summed E-state index contributed by atoms with van der Waals surface area (Å²) < 4.78 is 5.30. The van der Waals surface area contributed by atoms with Crippen LogP contribution in [0.2, 0.25) is 0 Å². The number of carbonyl (C=O) groups is 1. The van der Waals surface area contributed by atoms with Gasteiger partial charge in [0.25, 0.3) is 0 Å². The van der Waals surface area contributed by atoms with Gasteiger partial charge >= 0.3 is 0 Å². The summed E-state index contributed by atoms with van der Waals surface area (Å²) in [5.74, 6) is 1.53. The van der Waals surface area contributed by atoms with E-state index in [1.54, 1.807) is 0 Å². The van der Waals surface area contributed by atoms with Crippen molar-refractivity contribution in [3.05, 3.63) is 11.7 Å². The second-order valence-electron chi connectivity index (χ2n) is 7.45. The molecule has 7 nitrogen and oxygen atoms in total. The van der Waals surface area contributed by atoms with E-state index in [0.29, 0.717) is 17.8 Å². The lowest BCUT2D eigenvalue weighted by Gasteiger charge is -2.39. The third-order valence-corrected chi connectivity index (χ3v) is 5.68. The standard InChI is InChI=1S/C18H31N5O2/c1-13(17(24)20-16-7-5-4-6-8-16)22-9-11-23(12-10-22)14(2)18-19-15(3)21-25-18/h13-14,16H,4-12H2,1-3H3,(H,20,24)/t13-,14+/m1/s1. The predicted octanol–water partition coefficient (Wildman–Crippen LogP) is 1.89. The van der Waals surface area contributed by atoms with Crippen molar-refractivity contribution in [2.75, 3.05) is 26.2 Å². The summed E-state index contributed by atoms with van der Waals surface area (Å²) in [6.45, 7) is 9.55. The van der Waals surface area contributed by atoms with Crippen LogP contribution >= 0.6 is 0 Å². The van der Waals surface area contributed by atoms with E-state index in [0.717, 1.165) is 39.0 Å². The fourth-order valence-electron chi connectivity index (χ4n) is 3.89. The van der Waals surface area contributed by atoms with E-state index in [4.69, 9.17) is 4.52 Å². The predicted molar refractivity (Wildman–Crippen MR) is 95.1 cm³/mol. The molecule has 25 heavy (non-hydrogen) atoms. The maximum absolute atomic E-state index is 12.6. The quantitative estimate of drug-likeness (QED) is 0.875. The van der Waals surface area contributed by atoms with Gasteiger partial charge in [-0.1, -0.05) is 24.4 Å². The van der Waals surface area contributed by atoms with Crippen LogP contribution in [0.3, 0.4) is 0 Å². The van der Waals surface area contributed by atoms with Gasteiger partial charge in [-0.15, -0.1) is 0 Å². The molecule has 0 aromatic carbocycles. The minimum atomic E-state index is -0.0648. The zero-order valence-corrected chi connectivity index (χ0v) is 15.7. The molecule has 0 bridgehead atoms. The Hall–Kier alpha value is -1.47. The minimum absolute atomic E-state index is 0.0648. The molecule has 1 saturated heterocycles. The molecular weight excluding hydrogens is 318 g/mol. The van der Waals surface area contributed by atoms with Gasteiger partial charge < -0.3 is 9.84 Å². The molecular formula is C18H31N5O2. The van der Waals surface area contributed by atoms with Crippen LogP contribution in [0.25, 0.3) is 0 Å². The van der Waals surface area contributed by atoms with Gasteiger partial charge in [0.2, 0.25) is 11.8 Å². The number of aromatic nitrogens is 2. The van der Waals surface area contributed by atoms with E-state index >= 15 is 0 Å². The van der Waals surface area contributed by atoms with Crippen molar-refractivity contribution in [3.63, 3.8) is 0 Å². The van der Waals surface area contributed by atoms with Gasteiger partial charge in [-0.05, 0) is 33.6 Å². The Bertz CT molecular complexity index is 562. The van der Waals surface area contributed by atoms with E-state index in [2.05, 4.69) is 32.2 Å². The van der Waals surface area contributed by atoms with Crippen molar-refractivity contribution in [2.45, 2.75) is 71.0 Å². The van der Waals surface area contributed by atoms with Gasteiger partial charge in [0.15, 0.2) is 5.82 Å². The second kappa shape index (κ2) is 8.27. The van der Waals surface area contributed by atoms with Gasteiger partial charge in [-0.2, -0.15) is 4.98 Å². The summed E-state index contributed by atoms with van der Waals surface area (Å²) in [7, 11) is 0. The molecule has 1 aromatic heterocycles. The molecule has 1 aromatic rings. The number of amides is 1. The summed E-state index contributed by atoms with van der Waals surface area (Å²) in [6, 6.07) is 0.436. The molecule has 2 fully saturated rings. The van der Waals surface area contributed by atoms with E-state index < -0.39 is 0 Å². The molecule has 2 aliphatic rings. The zero-order chi connectivity index (χ0) is 17.8. The molecule has 1 aliphatic heterocycles. The van der Waals surface area contributed by atoms with Gasteiger partial charge in [-0.25, -0.2) is 0 Å². The van der Waals surface area contributed by atoms with Crippen LogP contribution in [0, 0.1) is 6.92 Å². The molecule has 1 aliphatic carbocycles. The fourth-order valence-corrected chi connectivity index (χ4v) is 3.89. The highest BCUT2D eigenvalue weighted by atomic mass is 16.5. The highest BCUT2D eigenvalue weighted by molar-refractivity contribution is 5.81.